The van der Waals surface area contributed by atoms with Gasteiger partial charge in [0, 0.05) is 12.7 Å². The minimum atomic E-state index is 0.587. The van der Waals surface area contributed by atoms with Crippen LogP contribution in [0.2, 0.25) is 0 Å². The van der Waals surface area contributed by atoms with Gasteiger partial charge in [0.05, 0.1) is 7.11 Å². The summed E-state index contributed by atoms with van der Waals surface area (Å²) < 4.78 is 5.22. The molecule has 0 atom stereocenters. The van der Waals surface area contributed by atoms with Crippen molar-refractivity contribution in [1.29, 1.82) is 0 Å². The zero-order valence-electron chi connectivity index (χ0n) is 11.9. The van der Waals surface area contributed by atoms with Crippen LogP contribution in [0, 0.1) is 0 Å². The van der Waals surface area contributed by atoms with Gasteiger partial charge in [-0.2, -0.15) is 0 Å². The van der Waals surface area contributed by atoms with Gasteiger partial charge >= 0.3 is 0 Å². The Morgan fingerprint density at radius 3 is 3.00 bits per heavy atom. The van der Waals surface area contributed by atoms with Gasteiger partial charge in [-0.3, -0.25) is 0 Å². The fourth-order valence-electron chi connectivity index (χ4n) is 2.31. The van der Waals surface area contributed by atoms with Crippen molar-refractivity contribution in [2.24, 2.45) is 0 Å². The molecule has 0 saturated carbocycles. The van der Waals surface area contributed by atoms with Crippen LogP contribution in [0.5, 0.6) is 5.75 Å². The van der Waals surface area contributed by atoms with E-state index in [9.17, 15) is 0 Å². The van der Waals surface area contributed by atoms with E-state index in [1.807, 2.05) is 12.1 Å². The third kappa shape index (κ3) is 4.61. The van der Waals surface area contributed by atoms with E-state index in [4.69, 9.17) is 17.0 Å². The highest BCUT2D eigenvalue weighted by Gasteiger charge is 2.10. The molecule has 0 bridgehead atoms. The van der Waals surface area contributed by atoms with Crippen LogP contribution in [-0.2, 0) is 0 Å². The number of rotatable bonds is 6. The van der Waals surface area contributed by atoms with E-state index in [0.717, 1.165) is 19.5 Å². The van der Waals surface area contributed by atoms with Crippen molar-refractivity contribution in [3.63, 3.8) is 0 Å². The largest absolute Gasteiger partial charge is 0.493 e. The Morgan fingerprint density at radius 1 is 1.45 bits per heavy atom. The summed E-state index contributed by atoms with van der Waals surface area (Å²) in [5.74, 6) is 1.33. The zero-order valence-corrected chi connectivity index (χ0v) is 12.7. The number of nitrogens with one attached hydrogen (secondary N) is 2. The minimum Gasteiger partial charge on any atom is -0.493 e. The third-order valence-electron chi connectivity index (χ3n) is 3.36. The topological polar surface area (TPSA) is 49.4 Å². The SMILES string of the molecule is COc1cccnc1NC(=S)NCCCN1CCCC1. The van der Waals surface area contributed by atoms with Gasteiger partial charge in [-0.05, 0) is 63.2 Å². The number of methoxy groups -OCH3 is 1. The van der Waals surface area contributed by atoms with Gasteiger partial charge in [0.25, 0.3) is 0 Å². The first-order chi connectivity index (χ1) is 9.79. The predicted molar refractivity (Wildman–Crippen MR) is 85.3 cm³/mol. The average Bonchev–Trinajstić information content (AvgIpc) is 2.97. The maximum Gasteiger partial charge on any atom is 0.174 e. The van der Waals surface area contributed by atoms with Crippen molar-refractivity contribution in [1.82, 2.24) is 15.2 Å². The Balaban J connectivity index is 1.67. The van der Waals surface area contributed by atoms with Crippen LogP contribution >= 0.6 is 12.2 Å². The summed E-state index contributed by atoms with van der Waals surface area (Å²) in [4.78, 5) is 6.71. The summed E-state index contributed by atoms with van der Waals surface area (Å²) in [5.41, 5.74) is 0. The van der Waals surface area contributed by atoms with E-state index in [1.165, 1.54) is 25.9 Å². The molecule has 2 rings (SSSR count). The van der Waals surface area contributed by atoms with E-state index in [2.05, 4.69) is 20.5 Å². The van der Waals surface area contributed by atoms with Gasteiger partial charge < -0.3 is 20.3 Å². The van der Waals surface area contributed by atoms with E-state index >= 15 is 0 Å². The molecule has 2 N–H and O–H groups in total. The molecule has 20 heavy (non-hydrogen) atoms. The second-order valence-corrected chi connectivity index (χ2v) is 5.25. The lowest BCUT2D eigenvalue weighted by molar-refractivity contribution is 0.334. The normalized spacial score (nSPS) is 15.1. The lowest BCUT2D eigenvalue weighted by Crippen LogP contribution is -2.32. The van der Waals surface area contributed by atoms with Crippen LogP contribution in [0.1, 0.15) is 19.3 Å². The van der Waals surface area contributed by atoms with Crippen LogP contribution in [0.25, 0.3) is 0 Å². The van der Waals surface area contributed by atoms with Crippen molar-refractivity contribution in [2.75, 3.05) is 38.6 Å². The second-order valence-electron chi connectivity index (χ2n) is 4.84. The van der Waals surface area contributed by atoms with E-state index in [0.29, 0.717) is 16.7 Å². The monoisotopic (exact) mass is 294 g/mol. The fraction of sp³-hybridized carbons (Fsp3) is 0.571. The third-order valence-corrected chi connectivity index (χ3v) is 3.60. The number of aromatic nitrogens is 1. The molecule has 0 unspecified atom stereocenters. The first kappa shape index (κ1) is 15.0. The minimum absolute atomic E-state index is 0.587. The van der Waals surface area contributed by atoms with Gasteiger partial charge in [-0.25, -0.2) is 4.98 Å². The van der Waals surface area contributed by atoms with Crippen molar-refractivity contribution in [2.45, 2.75) is 19.3 Å². The zero-order chi connectivity index (χ0) is 14.2. The number of nitrogens with zero attached hydrogens (tertiary/aromatic N) is 2. The highest BCUT2D eigenvalue weighted by molar-refractivity contribution is 7.80. The number of anilines is 1. The molecular formula is C14H22N4OS. The number of likely N-dealkylation sites (tertiary alicyclic amines) is 1. The lowest BCUT2D eigenvalue weighted by atomic mass is 10.4. The number of hydrogen-bond donors (Lipinski definition) is 2. The van der Waals surface area contributed by atoms with Crippen LogP contribution in [0.4, 0.5) is 5.82 Å². The van der Waals surface area contributed by atoms with Crippen molar-refractivity contribution < 1.29 is 4.74 Å². The molecule has 110 valence electrons. The molecule has 0 amide bonds. The maximum absolute atomic E-state index is 5.26. The molecule has 1 saturated heterocycles. The lowest BCUT2D eigenvalue weighted by Gasteiger charge is -2.15. The smallest absolute Gasteiger partial charge is 0.174 e. The molecule has 1 aliphatic rings. The molecule has 1 aromatic rings. The Kier molecular flexibility index (Phi) is 6.01. The van der Waals surface area contributed by atoms with Crippen LogP contribution in [0.3, 0.4) is 0 Å². The summed E-state index contributed by atoms with van der Waals surface area (Å²) in [7, 11) is 1.62. The van der Waals surface area contributed by atoms with Crippen LogP contribution < -0.4 is 15.4 Å². The number of pyridine rings is 1. The van der Waals surface area contributed by atoms with Crippen molar-refractivity contribution in [3.8, 4) is 5.75 Å². The van der Waals surface area contributed by atoms with Crippen LogP contribution in [0.15, 0.2) is 18.3 Å². The molecule has 1 aromatic heterocycles. The molecule has 1 fully saturated rings. The van der Waals surface area contributed by atoms with E-state index < -0.39 is 0 Å². The maximum atomic E-state index is 5.26. The van der Waals surface area contributed by atoms with Crippen molar-refractivity contribution in [3.05, 3.63) is 18.3 Å². The average molecular weight is 294 g/mol. The first-order valence-electron chi connectivity index (χ1n) is 7.06. The highest BCUT2D eigenvalue weighted by Crippen LogP contribution is 2.19. The summed E-state index contributed by atoms with van der Waals surface area (Å²) in [6.45, 7) is 4.50. The molecule has 1 aliphatic heterocycles. The molecule has 5 nitrogen and oxygen atoms in total. The Labute approximate surface area is 125 Å². The van der Waals surface area contributed by atoms with Gasteiger partial charge in [0.2, 0.25) is 0 Å². The number of ether oxygens (including phenoxy) is 1. The van der Waals surface area contributed by atoms with E-state index in [1.54, 1.807) is 13.3 Å². The Morgan fingerprint density at radius 2 is 2.25 bits per heavy atom. The molecular weight excluding hydrogens is 272 g/mol. The number of hydrogen-bond acceptors (Lipinski definition) is 4. The molecule has 2 heterocycles. The van der Waals surface area contributed by atoms with Gasteiger partial charge in [-0.15, -0.1) is 0 Å². The van der Waals surface area contributed by atoms with Gasteiger partial charge in [-0.1, -0.05) is 0 Å². The van der Waals surface area contributed by atoms with Gasteiger partial charge in [0.15, 0.2) is 16.7 Å². The quantitative estimate of drug-likeness (QED) is 0.617. The molecule has 0 radical (unpaired) electrons. The summed E-state index contributed by atoms with van der Waals surface area (Å²) in [6.07, 6.45) is 5.49. The number of thiocarbonyl (C=S) groups is 1. The molecule has 6 heteroatoms. The van der Waals surface area contributed by atoms with E-state index in [-0.39, 0.29) is 0 Å². The first-order valence-corrected chi connectivity index (χ1v) is 7.46. The Bertz CT molecular complexity index is 435. The fourth-order valence-corrected chi connectivity index (χ4v) is 2.51. The molecule has 0 aliphatic carbocycles. The van der Waals surface area contributed by atoms with Crippen LogP contribution in [-0.4, -0.2) is 48.3 Å². The Hall–Kier alpha value is -1.40. The standard InChI is InChI=1S/C14H22N4OS/c1-19-12-6-4-7-15-13(12)17-14(20)16-8-5-11-18-9-2-3-10-18/h4,6-7H,2-3,5,8-11H2,1H3,(H2,15,16,17,20). The second kappa shape index (κ2) is 8.01. The molecule has 0 aromatic carbocycles. The van der Waals surface area contributed by atoms with Crippen molar-refractivity contribution >= 4 is 23.1 Å². The van der Waals surface area contributed by atoms with Gasteiger partial charge in [0.1, 0.15) is 0 Å². The predicted octanol–water partition coefficient (Wildman–Crippen LogP) is 1.86. The highest BCUT2D eigenvalue weighted by atomic mass is 32.1. The summed E-state index contributed by atoms with van der Waals surface area (Å²) >= 11 is 5.26. The summed E-state index contributed by atoms with van der Waals surface area (Å²) in [5, 5.41) is 6.85. The summed E-state index contributed by atoms with van der Waals surface area (Å²) in [6, 6.07) is 3.68. The molecule has 0 spiro atoms.